The standard InChI is InChI=1S/C11H16O3/c12-8-10(13)6-3-5-9-4-1-2-7-11(9)14/h1-2,4,7,10,12-14H,3,5-6,8H2. The molecule has 0 bridgehead atoms. The molecule has 1 aromatic rings. The van der Waals surface area contributed by atoms with E-state index in [0.29, 0.717) is 12.2 Å². The third kappa shape index (κ3) is 3.36. The van der Waals surface area contributed by atoms with Gasteiger partial charge in [0.05, 0.1) is 12.7 Å². The predicted octanol–water partition coefficient (Wildman–Crippen LogP) is 1.07. The van der Waals surface area contributed by atoms with Crippen molar-refractivity contribution in [1.82, 2.24) is 0 Å². The molecule has 0 aliphatic heterocycles. The van der Waals surface area contributed by atoms with E-state index in [0.717, 1.165) is 18.4 Å². The van der Waals surface area contributed by atoms with E-state index in [2.05, 4.69) is 0 Å². The van der Waals surface area contributed by atoms with Crippen LogP contribution in [0.5, 0.6) is 5.75 Å². The van der Waals surface area contributed by atoms with Crippen molar-refractivity contribution >= 4 is 0 Å². The summed E-state index contributed by atoms with van der Waals surface area (Å²) in [5.41, 5.74) is 0.887. The molecule has 0 aliphatic rings. The van der Waals surface area contributed by atoms with Gasteiger partial charge in [-0.1, -0.05) is 18.2 Å². The van der Waals surface area contributed by atoms with Crippen molar-refractivity contribution in [2.24, 2.45) is 0 Å². The first-order valence-electron chi connectivity index (χ1n) is 4.80. The van der Waals surface area contributed by atoms with E-state index in [1.165, 1.54) is 0 Å². The zero-order valence-electron chi connectivity index (χ0n) is 8.06. The third-order valence-electron chi connectivity index (χ3n) is 2.19. The van der Waals surface area contributed by atoms with Crippen molar-refractivity contribution in [2.75, 3.05) is 6.61 Å². The number of phenols is 1. The summed E-state index contributed by atoms with van der Waals surface area (Å²) in [5.74, 6) is 0.297. The van der Waals surface area contributed by atoms with E-state index in [9.17, 15) is 5.11 Å². The number of hydrogen-bond donors (Lipinski definition) is 3. The van der Waals surface area contributed by atoms with Gasteiger partial charge in [0.2, 0.25) is 0 Å². The molecule has 0 aromatic heterocycles. The predicted molar refractivity (Wildman–Crippen MR) is 54.1 cm³/mol. The van der Waals surface area contributed by atoms with Crippen LogP contribution in [0.2, 0.25) is 0 Å². The molecule has 1 rings (SSSR count). The van der Waals surface area contributed by atoms with E-state index >= 15 is 0 Å². The Labute approximate surface area is 83.6 Å². The van der Waals surface area contributed by atoms with Gasteiger partial charge < -0.3 is 15.3 Å². The molecule has 0 saturated heterocycles. The Morgan fingerprint density at radius 2 is 1.93 bits per heavy atom. The van der Waals surface area contributed by atoms with Crippen molar-refractivity contribution in [2.45, 2.75) is 25.4 Å². The van der Waals surface area contributed by atoms with Gasteiger partial charge in [0.1, 0.15) is 5.75 Å². The van der Waals surface area contributed by atoms with Crippen LogP contribution in [0.4, 0.5) is 0 Å². The summed E-state index contributed by atoms with van der Waals surface area (Å²) in [6.07, 6.45) is 1.41. The normalized spacial score (nSPS) is 12.7. The second-order valence-electron chi connectivity index (χ2n) is 3.36. The summed E-state index contributed by atoms with van der Waals surface area (Å²) in [5, 5.41) is 27.1. The second kappa shape index (κ2) is 5.62. The van der Waals surface area contributed by atoms with Gasteiger partial charge in [0.15, 0.2) is 0 Å². The van der Waals surface area contributed by atoms with E-state index < -0.39 is 6.10 Å². The number of rotatable bonds is 5. The number of aryl methyl sites for hydroxylation is 1. The molecule has 1 aromatic carbocycles. The number of aliphatic hydroxyl groups excluding tert-OH is 2. The number of para-hydroxylation sites is 1. The van der Waals surface area contributed by atoms with Crippen LogP contribution in [0.15, 0.2) is 24.3 Å². The Morgan fingerprint density at radius 1 is 1.21 bits per heavy atom. The van der Waals surface area contributed by atoms with Crippen molar-refractivity contribution in [3.8, 4) is 5.75 Å². The van der Waals surface area contributed by atoms with E-state index in [-0.39, 0.29) is 6.61 Å². The average molecular weight is 196 g/mol. The van der Waals surface area contributed by atoms with Crippen molar-refractivity contribution in [1.29, 1.82) is 0 Å². The largest absolute Gasteiger partial charge is 0.508 e. The molecular formula is C11H16O3. The molecule has 0 radical (unpaired) electrons. The van der Waals surface area contributed by atoms with Gasteiger partial charge in [-0.3, -0.25) is 0 Å². The Kier molecular flexibility index (Phi) is 4.43. The molecule has 0 spiro atoms. The molecule has 1 atom stereocenters. The van der Waals surface area contributed by atoms with Crippen LogP contribution in [0.3, 0.4) is 0 Å². The van der Waals surface area contributed by atoms with Crippen LogP contribution in [-0.2, 0) is 6.42 Å². The lowest BCUT2D eigenvalue weighted by atomic mass is 10.1. The highest BCUT2D eigenvalue weighted by molar-refractivity contribution is 5.31. The van der Waals surface area contributed by atoms with Gasteiger partial charge >= 0.3 is 0 Å². The summed E-state index contributed by atoms with van der Waals surface area (Å²) < 4.78 is 0. The van der Waals surface area contributed by atoms with Gasteiger partial charge in [-0.05, 0) is 30.9 Å². The number of hydrogen-bond acceptors (Lipinski definition) is 3. The molecule has 1 unspecified atom stereocenters. The minimum absolute atomic E-state index is 0.194. The highest BCUT2D eigenvalue weighted by Gasteiger charge is 2.03. The van der Waals surface area contributed by atoms with Crippen LogP contribution in [0.25, 0.3) is 0 Å². The summed E-state index contributed by atoms with van der Waals surface area (Å²) in [4.78, 5) is 0. The van der Waals surface area contributed by atoms with Crippen LogP contribution < -0.4 is 0 Å². The lowest BCUT2D eigenvalue weighted by Gasteiger charge is -2.07. The maximum absolute atomic E-state index is 9.42. The molecule has 0 aliphatic carbocycles. The van der Waals surface area contributed by atoms with Crippen molar-refractivity contribution < 1.29 is 15.3 Å². The first-order valence-corrected chi connectivity index (χ1v) is 4.80. The minimum atomic E-state index is -0.638. The molecular weight excluding hydrogens is 180 g/mol. The van der Waals surface area contributed by atoms with E-state index in [4.69, 9.17) is 10.2 Å². The van der Waals surface area contributed by atoms with Crippen LogP contribution in [-0.4, -0.2) is 28.0 Å². The number of phenolic OH excluding ortho intramolecular Hbond substituents is 1. The fourth-order valence-electron chi connectivity index (χ4n) is 1.34. The highest BCUT2D eigenvalue weighted by Crippen LogP contribution is 2.18. The number of benzene rings is 1. The SMILES string of the molecule is OCC(O)CCCc1ccccc1O. The van der Waals surface area contributed by atoms with E-state index in [1.807, 2.05) is 12.1 Å². The Morgan fingerprint density at radius 3 is 2.57 bits per heavy atom. The molecule has 3 nitrogen and oxygen atoms in total. The molecule has 0 heterocycles. The van der Waals surface area contributed by atoms with Crippen LogP contribution >= 0.6 is 0 Å². The maximum atomic E-state index is 9.42. The van der Waals surface area contributed by atoms with Gasteiger partial charge in [0.25, 0.3) is 0 Å². The summed E-state index contributed by atoms with van der Waals surface area (Å²) in [6, 6.07) is 7.16. The lowest BCUT2D eigenvalue weighted by Crippen LogP contribution is -2.11. The molecule has 0 saturated carbocycles. The molecule has 78 valence electrons. The van der Waals surface area contributed by atoms with Gasteiger partial charge in [-0.2, -0.15) is 0 Å². The first-order chi connectivity index (χ1) is 6.74. The zero-order chi connectivity index (χ0) is 10.4. The zero-order valence-corrected chi connectivity index (χ0v) is 8.06. The summed E-state index contributed by atoms with van der Waals surface area (Å²) >= 11 is 0. The highest BCUT2D eigenvalue weighted by atomic mass is 16.3. The number of aromatic hydroxyl groups is 1. The van der Waals surface area contributed by atoms with Crippen LogP contribution in [0.1, 0.15) is 18.4 Å². The van der Waals surface area contributed by atoms with Gasteiger partial charge in [-0.15, -0.1) is 0 Å². The summed E-state index contributed by atoms with van der Waals surface area (Å²) in [6.45, 7) is -0.194. The third-order valence-corrected chi connectivity index (χ3v) is 2.19. The smallest absolute Gasteiger partial charge is 0.118 e. The fraction of sp³-hybridized carbons (Fsp3) is 0.455. The molecule has 0 amide bonds. The van der Waals surface area contributed by atoms with E-state index in [1.54, 1.807) is 12.1 Å². The first kappa shape index (κ1) is 11.0. The Bertz CT molecular complexity index is 273. The second-order valence-corrected chi connectivity index (χ2v) is 3.36. The van der Waals surface area contributed by atoms with Gasteiger partial charge in [0, 0.05) is 0 Å². The van der Waals surface area contributed by atoms with Crippen LogP contribution in [0, 0.1) is 0 Å². The Hall–Kier alpha value is -1.06. The topological polar surface area (TPSA) is 60.7 Å². The minimum Gasteiger partial charge on any atom is -0.508 e. The van der Waals surface area contributed by atoms with Crippen molar-refractivity contribution in [3.05, 3.63) is 29.8 Å². The fourth-order valence-corrected chi connectivity index (χ4v) is 1.34. The monoisotopic (exact) mass is 196 g/mol. The Balaban J connectivity index is 2.35. The molecule has 0 fully saturated rings. The molecule has 14 heavy (non-hydrogen) atoms. The maximum Gasteiger partial charge on any atom is 0.118 e. The summed E-state index contributed by atoms with van der Waals surface area (Å²) in [7, 11) is 0. The molecule has 3 N–H and O–H groups in total. The van der Waals surface area contributed by atoms with Crippen molar-refractivity contribution in [3.63, 3.8) is 0 Å². The quantitative estimate of drug-likeness (QED) is 0.660. The lowest BCUT2D eigenvalue weighted by molar-refractivity contribution is 0.0867. The van der Waals surface area contributed by atoms with Gasteiger partial charge in [-0.25, -0.2) is 0 Å². The molecule has 3 heteroatoms. The average Bonchev–Trinajstić information content (AvgIpc) is 2.20. The number of aliphatic hydroxyl groups is 2.